The van der Waals surface area contributed by atoms with Crippen LogP contribution in [0.25, 0.3) is 0 Å². The van der Waals surface area contributed by atoms with Crippen LogP contribution in [0.2, 0.25) is 0 Å². The maximum atomic E-state index is 13.6. The maximum absolute atomic E-state index is 13.6. The molecule has 0 spiro atoms. The molecule has 2 heteroatoms. The van der Waals surface area contributed by atoms with Crippen LogP contribution in [-0.4, -0.2) is 18.0 Å². The zero-order chi connectivity index (χ0) is 21.6. The Morgan fingerprint density at radius 1 is 0.963 bits per heavy atom. The molecule has 0 saturated heterocycles. The monoisotopic (exact) mass is 377 g/mol. The highest BCUT2D eigenvalue weighted by molar-refractivity contribution is 5.42. The Morgan fingerprint density at radius 3 is 1.74 bits per heavy atom. The van der Waals surface area contributed by atoms with Crippen LogP contribution in [0.1, 0.15) is 91.5 Å². The van der Waals surface area contributed by atoms with Crippen molar-refractivity contribution in [3.05, 3.63) is 57.9 Å². The molecule has 0 aliphatic rings. The van der Waals surface area contributed by atoms with E-state index in [4.69, 9.17) is 0 Å². The molecule has 1 aromatic rings. The van der Waals surface area contributed by atoms with Gasteiger partial charge in [0.05, 0.1) is 11.9 Å². The molecule has 27 heavy (non-hydrogen) atoms. The summed E-state index contributed by atoms with van der Waals surface area (Å²) in [5.41, 5.74) is 5.99. The van der Waals surface area contributed by atoms with Crippen LogP contribution in [-0.2, 0) is 0 Å². The van der Waals surface area contributed by atoms with Crippen LogP contribution in [0.3, 0.4) is 0 Å². The van der Waals surface area contributed by atoms with Crippen molar-refractivity contribution >= 4 is 0 Å². The molecule has 0 radical (unpaired) electrons. The first kappa shape index (κ1) is 27.8. The minimum absolute atomic E-state index is 0.101. The molecule has 1 rings (SSSR count). The van der Waals surface area contributed by atoms with E-state index in [0.29, 0.717) is 0 Å². The topological polar surface area (TPSA) is 3.24 Å². The van der Waals surface area contributed by atoms with Crippen LogP contribution in [0.4, 0.5) is 4.39 Å². The third-order valence-corrected chi connectivity index (χ3v) is 4.70. The van der Waals surface area contributed by atoms with Crippen LogP contribution in [0.15, 0.2) is 41.2 Å². The average molecular weight is 378 g/mol. The van der Waals surface area contributed by atoms with Crippen molar-refractivity contribution in [2.45, 2.75) is 88.6 Å². The summed E-state index contributed by atoms with van der Waals surface area (Å²) < 4.78 is 13.6. The maximum Gasteiger partial charge on any atom is 0.0997 e. The Kier molecular flexibility index (Phi) is 16.1. The third kappa shape index (κ3) is 8.43. The molecule has 0 saturated carbocycles. The lowest BCUT2D eigenvalue weighted by Crippen LogP contribution is -2.31. The number of hydrogen-bond acceptors (Lipinski definition) is 1. The normalized spacial score (nSPS) is 13.1. The molecular weight excluding hydrogens is 333 g/mol. The highest BCUT2D eigenvalue weighted by atomic mass is 19.1. The number of halogens is 1. The van der Waals surface area contributed by atoms with Crippen molar-refractivity contribution in [3.63, 3.8) is 0 Å². The Morgan fingerprint density at radius 2 is 1.41 bits per heavy atom. The zero-order valence-electron chi connectivity index (χ0n) is 19.8. The van der Waals surface area contributed by atoms with E-state index in [9.17, 15) is 4.39 Å². The van der Waals surface area contributed by atoms with Gasteiger partial charge >= 0.3 is 0 Å². The molecule has 0 N–H and O–H groups in total. The van der Waals surface area contributed by atoms with E-state index in [1.165, 1.54) is 29.2 Å². The molecular formula is C25H44FN. The molecule has 0 amide bonds. The lowest BCUT2D eigenvalue weighted by atomic mass is 9.87. The van der Waals surface area contributed by atoms with Gasteiger partial charge in [0.1, 0.15) is 0 Å². The fraction of sp³-hybridized carbons (Fsp3) is 0.600. The number of hydrogen-bond donors (Lipinski definition) is 0. The molecule has 0 heterocycles. The molecule has 0 aliphatic heterocycles. The summed E-state index contributed by atoms with van der Waals surface area (Å²) in [5, 5.41) is 0. The first-order valence-corrected chi connectivity index (χ1v) is 10.7. The molecule has 0 bridgehead atoms. The fourth-order valence-electron chi connectivity index (χ4n) is 3.20. The van der Waals surface area contributed by atoms with E-state index in [1.54, 1.807) is 0 Å². The number of allylic oxidation sites excluding steroid dienone is 3. The summed E-state index contributed by atoms with van der Waals surface area (Å²) in [5.74, 6) is -0.101. The van der Waals surface area contributed by atoms with Crippen molar-refractivity contribution in [3.8, 4) is 0 Å². The second-order valence-corrected chi connectivity index (χ2v) is 6.22. The third-order valence-electron chi connectivity index (χ3n) is 4.70. The molecule has 1 aromatic carbocycles. The first-order valence-electron chi connectivity index (χ1n) is 10.7. The van der Waals surface area contributed by atoms with Crippen molar-refractivity contribution in [1.82, 2.24) is 4.90 Å². The molecule has 0 aromatic heterocycles. The van der Waals surface area contributed by atoms with E-state index in [0.717, 1.165) is 25.1 Å². The van der Waals surface area contributed by atoms with Gasteiger partial charge in [-0.1, -0.05) is 72.7 Å². The predicted octanol–water partition coefficient (Wildman–Crippen LogP) is 8.34. The molecule has 1 nitrogen and oxygen atoms in total. The average Bonchev–Trinajstić information content (AvgIpc) is 2.68. The van der Waals surface area contributed by atoms with Gasteiger partial charge in [0.25, 0.3) is 0 Å². The summed E-state index contributed by atoms with van der Waals surface area (Å²) in [4.78, 5) is 2.46. The van der Waals surface area contributed by atoms with E-state index in [-0.39, 0.29) is 11.9 Å². The largest absolute Gasteiger partial charge is 0.293 e. The fourth-order valence-corrected chi connectivity index (χ4v) is 3.20. The van der Waals surface area contributed by atoms with Gasteiger partial charge in [-0.2, -0.15) is 0 Å². The summed E-state index contributed by atoms with van der Waals surface area (Å²) in [6, 6.07) is 6.68. The molecule has 0 aliphatic carbocycles. The number of rotatable bonds is 7. The number of likely N-dealkylation sites (N-methyl/N-ethyl adjacent to an activating group) is 1. The van der Waals surface area contributed by atoms with Crippen LogP contribution >= 0.6 is 0 Å². The second kappa shape index (κ2) is 15.6. The highest BCUT2D eigenvalue weighted by Crippen LogP contribution is 2.35. The summed E-state index contributed by atoms with van der Waals surface area (Å²) in [7, 11) is 0. The Balaban J connectivity index is 0. The van der Waals surface area contributed by atoms with Crippen LogP contribution < -0.4 is 0 Å². The Bertz CT molecular complexity index is 556. The van der Waals surface area contributed by atoms with E-state index in [2.05, 4.69) is 57.7 Å². The SMILES string of the molecule is CC.CC.CC/C(=C\C(C)=C(/C)F)C(c1c(C)cccc1C)N(CC)CC. The molecule has 1 atom stereocenters. The number of aryl methyl sites for hydroxylation is 2. The zero-order valence-corrected chi connectivity index (χ0v) is 19.8. The summed E-state index contributed by atoms with van der Waals surface area (Å²) >= 11 is 0. The molecule has 0 fully saturated rings. The van der Waals surface area contributed by atoms with E-state index < -0.39 is 0 Å². The number of nitrogens with zero attached hydrogens (tertiary/aromatic N) is 1. The predicted molar refractivity (Wildman–Crippen MR) is 122 cm³/mol. The van der Waals surface area contributed by atoms with Gasteiger partial charge in [-0.05, 0) is 75.0 Å². The van der Waals surface area contributed by atoms with Crippen molar-refractivity contribution in [1.29, 1.82) is 0 Å². The first-order chi connectivity index (χ1) is 12.9. The summed E-state index contributed by atoms with van der Waals surface area (Å²) in [6.45, 7) is 24.2. The lowest BCUT2D eigenvalue weighted by Gasteiger charge is -2.34. The standard InChI is InChI=1S/C21H32FN.2C2H6/c1-8-19(14-17(6)18(7)22)21(23(9-2)10-3)20-15(4)12-11-13-16(20)5;2*1-2/h11-14,21H,8-10H2,1-7H3;2*1-2H3/b18-17+,19-14+;;. The van der Waals surface area contributed by atoms with Gasteiger partial charge < -0.3 is 0 Å². The van der Waals surface area contributed by atoms with Gasteiger partial charge in [0.15, 0.2) is 0 Å². The van der Waals surface area contributed by atoms with E-state index >= 15 is 0 Å². The second-order valence-electron chi connectivity index (χ2n) is 6.22. The lowest BCUT2D eigenvalue weighted by molar-refractivity contribution is 0.242. The quantitative estimate of drug-likeness (QED) is 0.432. The van der Waals surface area contributed by atoms with E-state index in [1.807, 2.05) is 40.7 Å². The van der Waals surface area contributed by atoms with Crippen molar-refractivity contribution in [2.75, 3.05) is 13.1 Å². The van der Waals surface area contributed by atoms with Crippen LogP contribution in [0.5, 0.6) is 0 Å². The Labute approximate surface area is 169 Å². The van der Waals surface area contributed by atoms with Crippen molar-refractivity contribution < 1.29 is 4.39 Å². The van der Waals surface area contributed by atoms with Gasteiger partial charge in [-0.25, -0.2) is 4.39 Å². The van der Waals surface area contributed by atoms with Gasteiger partial charge in [-0.3, -0.25) is 4.90 Å². The minimum Gasteiger partial charge on any atom is -0.293 e. The van der Waals surface area contributed by atoms with Gasteiger partial charge in [-0.15, -0.1) is 0 Å². The highest BCUT2D eigenvalue weighted by Gasteiger charge is 2.24. The molecule has 156 valence electrons. The Hall–Kier alpha value is -1.41. The minimum atomic E-state index is -0.101. The molecule has 1 unspecified atom stereocenters. The van der Waals surface area contributed by atoms with Gasteiger partial charge in [0.2, 0.25) is 0 Å². The summed E-state index contributed by atoms with van der Waals surface area (Å²) in [6.07, 6.45) is 2.96. The van der Waals surface area contributed by atoms with Gasteiger partial charge in [0, 0.05) is 0 Å². The van der Waals surface area contributed by atoms with Crippen LogP contribution in [0, 0.1) is 13.8 Å². The van der Waals surface area contributed by atoms with Crippen molar-refractivity contribution in [2.24, 2.45) is 0 Å². The smallest absolute Gasteiger partial charge is 0.0997 e. The number of benzene rings is 1.